The number of methoxy groups -OCH3 is 1. The van der Waals surface area contributed by atoms with Crippen LogP contribution in [-0.2, 0) is 0 Å². The summed E-state index contributed by atoms with van der Waals surface area (Å²) < 4.78 is 44.7. The van der Waals surface area contributed by atoms with Gasteiger partial charge in [-0.1, -0.05) is 0 Å². The molecule has 0 atom stereocenters. The predicted octanol–water partition coefficient (Wildman–Crippen LogP) is 2.68. The second kappa shape index (κ2) is 4.79. The molecule has 0 fully saturated rings. The van der Waals surface area contributed by atoms with Gasteiger partial charge >= 0.3 is 6.36 Å². The van der Waals surface area contributed by atoms with E-state index in [-0.39, 0.29) is 17.1 Å². The fourth-order valence-electron chi connectivity index (χ4n) is 1.09. The number of ether oxygens (including phenoxy) is 2. The summed E-state index contributed by atoms with van der Waals surface area (Å²) in [4.78, 5) is 14.5. The van der Waals surface area contributed by atoms with E-state index in [2.05, 4.69) is 9.72 Å². The standard InChI is InChI=1S/C9H7ClF3NO3/c1-4-6(17-9(11,12)13)3-5(7(10)15)14-8(4)16-2/h3H,1-2H3. The lowest BCUT2D eigenvalue weighted by molar-refractivity contribution is -0.274. The molecule has 0 bridgehead atoms. The minimum absolute atomic E-state index is 0.0199. The molecule has 0 amide bonds. The fourth-order valence-corrected chi connectivity index (χ4v) is 1.19. The molecule has 17 heavy (non-hydrogen) atoms. The van der Waals surface area contributed by atoms with E-state index in [1.807, 2.05) is 0 Å². The van der Waals surface area contributed by atoms with E-state index >= 15 is 0 Å². The summed E-state index contributed by atoms with van der Waals surface area (Å²) in [5.41, 5.74) is -0.361. The molecule has 0 N–H and O–H groups in total. The van der Waals surface area contributed by atoms with Gasteiger partial charge in [0.15, 0.2) is 0 Å². The van der Waals surface area contributed by atoms with Gasteiger partial charge in [0, 0.05) is 6.07 Å². The normalized spacial score (nSPS) is 11.2. The van der Waals surface area contributed by atoms with E-state index in [1.165, 1.54) is 14.0 Å². The molecule has 1 heterocycles. The van der Waals surface area contributed by atoms with Gasteiger partial charge in [0.25, 0.3) is 5.24 Å². The number of hydrogen-bond donors (Lipinski definition) is 0. The monoisotopic (exact) mass is 269 g/mol. The molecule has 0 aliphatic rings. The summed E-state index contributed by atoms with van der Waals surface area (Å²) in [5.74, 6) is -0.732. The zero-order chi connectivity index (χ0) is 13.2. The van der Waals surface area contributed by atoms with Crippen LogP contribution in [0.5, 0.6) is 11.6 Å². The third kappa shape index (κ3) is 3.48. The highest BCUT2D eigenvalue weighted by Gasteiger charge is 2.33. The molecule has 0 aliphatic heterocycles. The molecule has 1 aromatic heterocycles. The first kappa shape index (κ1) is 13.6. The fraction of sp³-hybridized carbons (Fsp3) is 0.333. The molecule has 4 nitrogen and oxygen atoms in total. The highest BCUT2D eigenvalue weighted by molar-refractivity contribution is 6.67. The van der Waals surface area contributed by atoms with Crippen molar-refractivity contribution in [3.8, 4) is 11.6 Å². The maximum absolute atomic E-state index is 12.1. The topological polar surface area (TPSA) is 48.4 Å². The molecule has 0 radical (unpaired) electrons. The van der Waals surface area contributed by atoms with Crippen LogP contribution in [0.15, 0.2) is 6.07 Å². The van der Waals surface area contributed by atoms with Crippen LogP contribution in [0.4, 0.5) is 13.2 Å². The zero-order valence-corrected chi connectivity index (χ0v) is 9.52. The Bertz CT molecular complexity index is 448. The second-order valence-electron chi connectivity index (χ2n) is 2.96. The van der Waals surface area contributed by atoms with Crippen LogP contribution in [0.1, 0.15) is 16.1 Å². The Morgan fingerprint density at radius 2 is 2.06 bits per heavy atom. The maximum atomic E-state index is 12.1. The summed E-state index contributed by atoms with van der Waals surface area (Å²) >= 11 is 5.13. The summed E-state index contributed by atoms with van der Waals surface area (Å²) in [5, 5.41) is -1.00. The molecule has 0 spiro atoms. The van der Waals surface area contributed by atoms with Crippen LogP contribution in [-0.4, -0.2) is 23.7 Å². The molecule has 1 rings (SSSR count). The molecular formula is C9H7ClF3NO3. The van der Waals surface area contributed by atoms with E-state index in [4.69, 9.17) is 16.3 Å². The number of nitrogens with zero attached hydrogens (tertiary/aromatic N) is 1. The Hall–Kier alpha value is -1.50. The van der Waals surface area contributed by atoms with Gasteiger partial charge in [-0.3, -0.25) is 4.79 Å². The first-order valence-corrected chi connectivity index (χ1v) is 4.63. The van der Waals surface area contributed by atoms with Crippen molar-refractivity contribution >= 4 is 16.8 Å². The van der Waals surface area contributed by atoms with Gasteiger partial charge in [-0.25, -0.2) is 4.98 Å². The molecule has 0 saturated heterocycles. The number of halogens is 4. The third-order valence-electron chi connectivity index (χ3n) is 1.80. The van der Waals surface area contributed by atoms with E-state index in [9.17, 15) is 18.0 Å². The molecule has 94 valence electrons. The Balaban J connectivity index is 3.28. The first-order chi connectivity index (χ1) is 7.74. The van der Waals surface area contributed by atoms with Gasteiger partial charge in [0.05, 0.1) is 12.7 Å². The lowest BCUT2D eigenvalue weighted by Crippen LogP contribution is -2.18. The first-order valence-electron chi connectivity index (χ1n) is 4.26. The molecule has 0 saturated carbocycles. The number of rotatable bonds is 3. The van der Waals surface area contributed by atoms with Gasteiger partial charge in [0.2, 0.25) is 5.88 Å². The van der Waals surface area contributed by atoms with Crippen LogP contribution in [0.2, 0.25) is 0 Å². The van der Waals surface area contributed by atoms with Crippen molar-refractivity contribution < 1.29 is 27.4 Å². The summed E-state index contributed by atoms with van der Waals surface area (Å²) in [6.07, 6.45) is -4.87. The summed E-state index contributed by atoms with van der Waals surface area (Å²) in [6, 6.07) is 0.806. The minimum atomic E-state index is -4.87. The van der Waals surface area contributed by atoms with Crippen LogP contribution in [0, 0.1) is 6.92 Å². The van der Waals surface area contributed by atoms with Gasteiger partial charge in [-0.15, -0.1) is 13.2 Å². The van der Waals surface area contributed by atoms with Crippen molar-refractivity contribution in [3.63, 3.8) is 0 Å². The third-order valence-corrected chi connectivity index (χ3v) is 1.99. The van der Waals surface area contributed by atoms with Crippen LogP contribution < -0.4 is 9.47 Å². The second-order valence-corrected chi connectivity index (χ2v) is 3.30. The van der Waals surface area contributed by atoms with Crippen LogP contribution in [0.3, 0.4) is 0 Å². The van der Waals surface area contributed by atoms with Gasteiger partial charge in [-0.05, 0) is 18.5 Å². The Kier molecular flexibility index (Phi) is 3.82. The molecule has 1 aromatic rings. The molecule has 8 heteroatoms. The van der Waals surface area contributed by atoms with Crippen LogP contribution in [0.25, 0.3) is 0 Å². The SMILES string of the molecule is COc1nc(C(=O)Cl)cc(OC(F)(F)F)c1C. The highest BCUT2D eigenvalue weighted by atomic mass is 35.5. The van der Waals surface area contributed by atoms with Gasteiger partial charge < -0.3 is 9.47 Å². The molecule has 0 unspecified atom stereocenters. The van der Waals surface area contributed by atoms with Crippen molar-refractivity contribution in [1.82, 2.24) is 4.98 Å². The molecular weight excluding hydrogens is 263 g/mol. The molecule has 0 aromatic carbocycles. The Morgan fingerprint density at radius 3 is 2.47 bits per heavy atom. The van der Waals surface area contributed by atoms with Crippen molar-refractivity contribution in [2.24, 2.45) is 0 Å². The summed E-state index contributed by atoms with van der Waals surface area (Å²) in [7, 11) is 1.20. The average molecular weight is 270 g/mol. The van der Waals surface area contributed by atoms with Crippen molar-refractivity contribution in [2.75, 3.05) is 7.11 Å². The van der Waals surface area contributed by atoms with Crippen LogP contribution >= 0.6 is 11.6 Å². The van der Waals surface area contributed by atoms with E-state index in [0.717, 1.165) is 6.07 Å². The number of carbonyl (C=O) groups is 1. The highest BCUT2D eigenvalue weighted by Crippen LogP contribution is 2.31. The van der Waals surface area contributed by atoms with E-state index in [1.54, 1.807) is 0 Å². The lowest BCUT2D eigenvalue weighted by atomic mass is 10.2. The van der Waals surface area contributed by atoms with Crippen molar-refractivity contribution in [2.45, 2.75) is 13.3 Å². The lowest BCUT2D eigenvalue weighted by Gasteiger charge is -2.13. The zero-order valence-electron chi connectivity index (χ0n) is 8.76. The predicted molar refractivity (Wildman–Crippen MR) is 52.4 cm³/mol. The maximum Gasteiger partial charge on any atom is 0.573 e. The quantitative estimate of drug-likeness (QED) is 0.792. The minimum Gasteiger partial charge on any atom is -0.481 e. The smallest absolute Gasteiger partial charge is 0.481 e. The van der Waals surface area contributed by atoms with Gasteiger partial charge in [0.1, 0.15) is 11.4 Å². The number of pyridine rings is 1. The Labute approximate surface area is 99.3 Å². The molecule has 0 aliphatic carbocycles. The van der Waals surface area contributed by atoms with E-state index < -0.39 is 17.4 Å². The summed E-state index contributed by atoms with van der Waals surface area (Å²) in [6.45, 7) is 1.31. The van der Waals surface area contributed by atoms with Gasteiger partial charge in [-0.2, -0.15) is 0 Å². The van der Waals surface area contributed by atoms with Crippen molar-refractivity contribution in [1.29, 1.82) is 0 Å². The van der Waals surface area contributed by atoms with E-state index in [0.29, 0.717) is 0 Å². The number of carbonyl (C=O) groups excluding carboxylic acids is 1. The number of hydrogen-bond acceptors (Lipinski definition) is 4. The Morgan fingerprint density at radius 1 is 1.47 bits per heavy atom. The largest absolute Gasteiger partial charge is 0.573 e. The van der Waals surface area contributed by atoms with Crippen molar-refractivity contribution in [3.05, 3.63) is 17.3 Å². The average Bonchev–Trinajstić information content (AvgIpc) is 2.18. The number of aromatic nitrogens is 1. The number of alkyl halides is 3.